The van der Waals surface area contributed by atoms with Crippen molar-refractivity contribution in [3.05, 3.63) is 71.8 Å². The molecule has 0 fully saturated rings. The normalized spacial score (nSPS) is 11.4. The van der Waals surface area contributed by atoms with Crippen molar-refractivity contribution in [3.63, 3.8) is 0 Å². The third-order valence-electron chi connectivity index (χ3n) is 4.90. The molecule has 0 aliphatic carbocycles. The minimum atomic E-state index is 1.03. The first kappa shape index (κ1) is 17.7. The van der Waals surface area contributed by atoms with Gasteiger partial charge in [0.2, 0.25) is 0 Å². The summed E-state index contributed by atoms with van der Waals surface area (Å²) in [5.41, 5.74) is 5.61. The summed E-state index contributed by atoms with van der Waals surface area (Å²) in [6.45, 7) is 10.2. The predicted molar refractivity (Wildman–Crippen MR) is 110 cm³/mol. The quantitative estimate of drug-likeness (QED) is 0.481. The molecule has 3 aromatic carbocycles. The van der Waals surface area contributed by atoms with Gasteiger partial charge in [-0.1, -0.05) is 74.5 Å². The van der Waals surface area contributed by atoms with Gasteiger partial charge in [-0.15, -0.1) is 0 Å². The van der Waals surface area contributed by atoms with E-state index >= 15 is 0 Å². The van der Waals surface area contributed by atoms with Crippen LogP contribution < -0.4 is 0 Å². The van der Waals surface area contributed by atoms with E-state index in [9.17, 15) is 0 Å². The van der Waals surface area contributed by atoms with Gasteiger partial charge in [-0.3, -0.25) is 4.90 Å². The topological polar surface area (TPSA) is 3.24 Å². The van der Waals surface area contributed by atoms with Crippen molar-refractivity contribution in [3.8, 4) is 11.1 Å². The number of fused-ring (bicyclic) bond motifs is 1. The molecule has 0 saturated carbocycles. The van der Waals surface area contributed by atoms with Gasteiger partial charge in [0.1, 0.15) is 0 Å². The van der Waals surface area contributed by atoms with Crippen LogP contribution in [-0.2, 0) is 6.54 Å². The van der Waals surface area contributed by atoms with Crippen LogP contribution in [0.3, 0.4) is 0 Å². The second-order valence-corrected chi connectivity index (χ2v) is 6.91. The molecule has 1 heteroatoms. The van der Waals surface area contributed by atoms with E-state index < -0.39 is 0 Å². The maximum Gasteiger partial charge on any atom is 0.0242 e. The van der Waals surface area contributed by atoms with Crippen LogP contribution in [0.15, 0.2) is 60.7 Å². The summed E-state index contributed by atoms with van der Waals surface area (Å²) in [5.74, 6) is 0. The molecule has 0 amide bonds. The largest absolute Gasteiger partial charge is 0.299 e. The van der Waals surface area contributed by atoms with E-state index in [0.29, 0.717) is 0 Å². The maximum atomic E-state index is 2.60. The molecule has 0 saturated heterocycles. The summed E-state index contributed by atoms with van der Waals surface area (Å²) in [4.78, 5) is 2.60. The first-order chi connectivity index (χ1) is 12.2. The molecular formula is C24H29N. The first-order valence-electron chi connectivity index (χ1n) is 9.53. The Morgan fingerprint density at radius 1 is 0.800 bits per heavy atom. The zero-order valence-corrected chi connectivity index (χ0v) is 15.8. The fourth-order valence-corrected chi connectivity index (χ4v) is 3.79. The van der Waals surface area contributed by atoms with Crippen LogP contribution in [0, 0.1) is 6.92 Å². The second kappa shape index (κ2) is 8.31. The van der Waals surface area contributed by atoms with Crippen molar-refractivity contribution in [2.75, 3.05) is 13.1 Å². The van der Waals surface area contributed by atoms with Gasteiger partial charge in [-0.2, -0.15) is 0 Å². The van der Waals surface area contributed by atoms with Crippen LogP contribution in [-0.4, -0.2) is 18.0 Å². The fraction of sp³-hybridized carbons (Fsp3) is 0.333. The van der Waals surface area contributed by atoms with Gasteiger partial charge in [-0.05, 0) is 65.9 Å². The van der Waals surface area contributed by atoms with Gasteiger partial charge < -0.3 is 0 Å². The molecule has 1 nitrogen and oxygen atoms in total. The lowest BCUT2D eigenvalue weighted by Crippen LogP contribution is -2.25. The molecule has 0 atom stereocenters. The molecule has 25 heavy (non-hydrogen) atoms. The smallest absolute Gasteiger partial charge is 0.0242 e. The SMILES string of the molecule is CCCN(CCC)Cc1c(C)cc2ccccc2c1-c1ccccc1. The van der Waals surface area contributed by atoms with Gasteiger partial charge in [-0.25, -0.2) is 0 Å². The van der Waals surface area contributed by atoms with E-state index in [1.807, 2.05) is 0 Å². The maximum absolute atomic E-state index is 2.60. The lowest BCUT2D eigenvalue weighted by atomic mass is 9.90. The van der Waals surface area contributed by atoms with E-state index in [0.717, 1.165) is 19.6 Å². The van der Waals surface area contributed by atoms with Crippen molar-refractivity contribution in [2.24, 2.45) is 0 Å². The summed E-state index contributed by atoms with van der Waals surface area (Å²) in [6, 6.07) is 22.0. The minimum absolute atomic E-state index is 1.03. The van der Waals surface area contributed by atoms with Crippen LogP contribution in [0.25, 0.3) is 21.9 Å². The molecule has 3 rings (SSSR count). The third kappa shape index (κ3) is 3.93. The van der Waals surface area contributed by atoms with Crippen LogP contribution in [0.5, 0.6) is 0 Å². The zero-order chi connectivity index (χ0) is 17.6. The average Bonchev–Trinajstić information content (AvgIpc) is 2.63. The molecule has 0 unspecified atom stereocenters. The third-order valence-corrected chi connectivity index (χ3v) is 4.90. The number of nitrogens with zero attached hydrogens (tertiary/aromatic N) is 1. The van der Waals surface area contributed by atoms with E-state index in [1.165, 1.54) is 45.9 Å². The summed E-state index contributed by atoms with van der Waals surface area (Å²) in [7, 11) is 0. The average molecular weight is 332 g/mol. The standard InChI is InChI=1S/C24H29N/c1-4-15-25(16-5-2)18-23-19(3)17-21-13-9-10-14-22(21)24(23)20-11-7-6-8-12-20/h6-14,17H,4-5,15-16,18H2,1-3H3. The Kier molecular flexibility index (Phi) is 5.88. The molecule has 0 heterocycles. The highest BCUT2D eigenvalue weighted by atomic mass is 15.1. The van der Waals surface area contributed by atoms with E-state index in [1.54, 1.807) is 0 Å². The molecule has 130 valence electrons. The molecule has 0 spiro atoms. The Bertz CT molecular complexity index is 814. The van der Waals surface area contributed by atoms with Crippen molar-refractivity contribution >= 4 is 10.8 Å². The molecule has 0 aliphatic heterocycles. The van der Waals surface area contributed by atoms with Crippen LogP contribution >= 0.6 is 0 Å². The van der Waals surface area contributed by atoms with Crippen LogP contribution in [0.4, 0.5) is 0 Å². The molecule has 0 N–H and O–H groups in total. The Morgan fingerprint density at radius 3 is 2.12 bits per heavy atom. The highest BCUT2D eigenvalue weighted by molar-refractivity contribution is 5.99. The molecule has 0 bridgehead atoms. The highest BCUT2D eigenvalue weighted by Gasteiger charge is 2.15. The predicted octanol–water partition coefficient (Wildman–Crippen LogP) is 6.44. The van der Waals surface area contributed by atoms with Gasteiger partial charge in [0.25, 0.3) is 0 Å². The molecule has 0 aromatic heterocycles. The Hall–Kier alpha value is -2.12. The summed E-state index contributed by atoms with van der Waals surface area (Å²) >= 11 is 0. The summed E-state index contributed by atoms with van der Waals surface area (Å²) in [6.07, 6.45) is 2.40. The monoisotopic (exact) mass is 331 g/mol. The Morgan fingerprint density at radius 2 is 1.44 bits per heavy atom. The van der Waals surface area contributed by atoms with E-state index in [-0.39, 0.29) is 0 Å². The lowest BCUT2D eigenvalue weighted by Gasteiger charge is -2.25. The summed E-state index contributed by atoms with van der Waals surface area (Å²) < 4.78 is 0. The van der Waals surface area contributed by atoms with Gasteiger partial charge in [0.05, 0.1) is 0 Å². The van der Waals surface area contributed by atoms with E-state index in [4.69, 9.17) is 0 Å². The second-order valence-electron chi connectivity index (χ2n) is 6.91. The van der Waals surface area contributed by atoms with Crippen molar-refractivity contribution < 1.29 is 0 Å². The molecule has 0 aliphatic rings. The van der Waals surface area contributed by atoms with E-state index in [2.05, 4.69) is 86.3 Å². The van der Waals surface area contributed by atoms with Crippen LogP contribution in [0.1, 0.15) is 37.8 Å². The van der Waals surface area contributed by atoms with Gasteiger partial charge >= 0.3 is 0 Å². The van der Waals surface area contributed by atoms with Gasteiger partial charge in [0.15, 0.2) is 0 Å². The summed E-state index contributed by atoms with van der Waals surface area (Å²) in [5, 5.41) is 2.70. The molecule has 3 aromatic rings. The Labute approximate surface area is 152 Å². The molecule has 0 radical (unpaired) electrons. The van der Waals surface area contributed by atoms with Crippen molar-refractivity contribution in [1.82, 2.24) is 4.90 Å². The molecular weight excluding hydrogens is 302 g/mol. The number of hydrogen-bond donors (Lipinski definition) is 0. The number of benzene rings is 3. The number of aryl methyl sites for hydroxylation is 1. The zero-order valence-electron chi connectivity index (χ0n) is 15.8. The number of hydrogen-bond acceptors (Lipinski definition) is 1. The number of rotatable bonds is 7. The minimum Gasteiger partial charge on any atom is -0.299 e. The van der Waals surface area contributed by atoms with Crippen molar-refractivity contribution in [1.29, 1.82) is 0 Å². The highest BCUT2D eigenvalue weighted by Crippen LogP contribution is 2.35. The fourth-order valence-electron chi connectivity index (χ4n) is 3.79. The first-order valence-corrected chi connectivity index (χ1v) is 9.53. The Balaban J connectivity index is 2.18. The lowest BCUT2D eigenvalue weighted by molar-refractivity contribution is 0.266. The van der Waals surface area contributed by atoms with Crippen LogP contribution in [0.2, 0.25) is 0 Å². The van der Waals surface area contributed by atoms with Gasteiger partial charge in [0, 0.05) is 6.54 Å². The van der Waals surface area contributed by atoms with Crippen molar-refractivity contribution in [2.45, 2.75) is 40.2 Å².